The van der Waals surface area contributed by atoms with Crippen molar-refractivity contribution in [1.82, 2.24) is 19.5 Å². The number of unbranched alkanes of at least 4 members (excludes halogenated alkanes) is 1. The number of rotatable bonds is 9. The van der Waals surface area contributed by atoms with Gasteiger partial charge in [0.25, 0.3) is 5.91 Å². The number of nitrogens with one attached hydrogen (secondary N) is 2. The number of hydrogen-bond donors (Lipinski definition) is 2. The van der Waals surface area contributed by atoms with Gasteiger partial charge in [0.2, 0.25) is 0 Å². The lowest BCUT2D eigenvalue weighted by Gasteiger charge is -2.10. The van der Waals surface area contributed by atoms with Gasteiger partial charge in [-0.05, 0) is 61.9 Å². The van der Waals surface area contributed by atoms with Crippen molar-refractivity contribution in [3.63, 3.8) is 0 Å². The Bertz CT molecular complexity index is 1200. The number of amides is 1. The lowest BCUT2D eigenvalue weighted by atomic mass is 10.2. The van der Waals surface area contributed by atoms with E-state index in [4.69, 9.17) is 4.74 Å². The van der Waals surface area contributed by atoms with Crippen LogP contribution in [0.1, 0.15) is 35.9 Å². The zero-order chi connectivity index (χ0) is 23.0. The number of imidazole rings is 1. The predicted octanol–water partition coefficient (Wildman–Crippen LogP) is 5.15. The summed E-state index contributed by atoms with van der Waals surface area (Å²) in [5.74, 6) is 2.83. The lowest BCUT2D eigenvalue weighted by Crippen LogP contribution is -2.11. The molecule has 0 aliphatic rings. The molecule has 2 N–H and O–H groups in total. The van der Waals surface area contributed by atoms with Crippen LogP contribution in [0.25, 0.3) is 5.82 Å². The first-order chi connectivity index (χ1) is 16.1. The van der Waals surface area contributed by atoms with Crippen LogP contribution >= 0.6 is 0 Å². The number of hydrogen-bond acceptors (Lipinski definition) is 6. The summed E-state index contributed by atoms with van der Waals surface area (Å²) in [5, 5.41) is 6.17. The van der Waals surface area contributed by atoms with E-state index >= 15 is 0 Å². The third-order valence-electron chi connectivity index (χ3n) is 5.02. The SMILES string of the molecule is CCCCOc1ccc(C(=O)Nc2ccc(Nc3cc(-n4ccnc4C)ncn3)cc2)cc1. The molecule has 4 rings (SSSR count). The molecule has 2 heterocycles. The Labute approximate surface area is 192 Å². The molecule has 0 bridgehead atoms. The van der Waals surface area contributed by atoms with E-state index < -0.39 is 0 Å². The van der Waals surface area contributed by atoms with Gasteiger partial charge in [0.15, 0.2) is 0 Å². The second-order valence-electron chi connectivity index (χ2n) is 7.49. The molecule has 0 saturated carbocycles. The minimum absolute atomic E-state index is 0.174. The number of nitrogens with zero attached hydrogens (tertiary/aromatic N) is 4. The summed E-state index contributed by atoms with van der Waals surface area (Å²) in [6.07, 6.45) is 7.18. The van der Waals surface area contributed by atoms with Gasteiger partial charge in [-0.15, -0.1) is 0 Å². The smallest absolute Gasteiger partial charge is 0.255 e. The molecule has 2 aromatic heterocycles. The molecule has 8 nitrogen and oxygen atoms in total. The molecule has 0 atom stereocenters. The fraction of sp³-hybridized carbons (Fsp3) is 0.200. The number of benzene rings is 2. The Morgan fingerprint density at radius 3 is 2.45 bits per heavy atom. The fourth-order valence-corrected chi connectivity index (χ4v) is 3.19. The number of ether oxygens (including phenoxy) is 1. The molecule has 0 radical (unpaired) electrons. The van der Waals surface area contributed by atoms with Crippen molar-refractivity contribution in [3.05, 3.63) is 84.7 Å². The van der Waals surface area contributed by atoms with Crippen LogP contribution in [0.4, 0.5) is 17.2 Å². The molecule has 0 aliphatic carbocycles. The number of carbonyl (C=O) groups excluding carboxylic acids is 1. The largest absolute Gasteiger partial charge is 0.494 e. The Hall–Kier alpha value is -4.20. The van der Waals surface area contributed by atoms with Crippen molar-refractivity contribution in [2.24, 2.45) is 0 Å². The molecule has 0 fully saturated rings. The fourth-order valence-electron chi connectivity index (χ4n) is 3.19. The maximum atomic E-state index is 12.5. The van der Waals surface area contributed by atoms with E-state index in [1.165, 1.54) is 6.33 Å². The molecule has 168 valence electrons. The highest BCUT2D eigenvalue weighted by molar-refractivity contribution is 6.04. The molecule has 0 spiro atoms. The van der Waals surface area contributed by atoms with Gasteiger partial charge in [-0.1, -0.05) is 13.3 Å². The molecule has 0 aliphatic heterocycles. The zero-order valence-electron chi connectivity index (χ0n) is 18.7. The third kappa shape index (κ3) is 5.74. The summed E-state index contributed by atoms with van der Waals surface area (Å²) in [6.45, 7) is 4.72. The average molecular weight is 443 g/mol. The highest BCUT2D eigenvalue weighted by Crippen LogP contribution is 2.20. The summed E-state index contributed by atoms with van der Waals surface area (Å²) in [5.41, 5.74) is 2.11. The van der Waals surface area contributed by atoms with Gasteiger partial charge in [-0.3, -0.25) is 9.36 Å². The van der Waals surface area contributed by atoms with E-state index in [-0.39, 0.29) is 5.91 Å². The minimum Gasteiger partial charge on any atom is -0.494 e. The van der Waals surface area contributed by atoms with Gasteiger partial charge < -0.3 is 15.4 Å². The second kappa shape index (κ2) is 10.4. The van der Waals surface area contributed by atoms with Crippen molar-refractivity contribution < 1.29 is 9.53 Å². The Morgan fingerprint density at radius 2 is 1.76 bits per heavy atom. The molecule has 1 amide bonds. The van der Waals surface area contributed by atoms with E-state index in [0.717, 1.165) is 35.9 Å². The number of aromatic nitrogens is 4. The maximum absolute atomic E-state index is 12.5. The van der Waals surface area contributed by atoms with Crippen molar-refractivity contribution in [1.29, 1.82) is 0 Å². The second-order valence-corrected chi connectivity index (χ2v) is 7.49. The molecule has 0 saturated heterocycles. The van der Waals surface area contributed by atoms with Crippen LogP contribution in [-0.2, 0) is 0 Å². The first-order valence-corrected chi connectivity index (χ1v) is 10.9. The van der Waals surface area contributed by atoms with Crippen LogP contribution in [0.15, 0.2) is 73.3 Å². The summed E-state index contributed by atoms with van der Waals surface area (Å²) < 4.78 is 7.53. The number of aryl methyl sites for hydroxylation is 1. The summed E-state index contributed by atoms with van der Waals surface area (Å²) in [4.78, 5) is 25.3. The number of anilines is 3. The topological polar surface area (TPSA) is 94.0 Å². The van der Waals surface area contributed by atoms with Crippen LogP contribution in [0.2, 0.25) is 0 Å². The Balaban J connectivity index is 1.36. The molecular weight excluding hydrogens is 416 g/mol. The highest BCUT2D eigenvalue weighted by atomic mass is 16.5. The van der Waals surface area contributed by atoms with Gasteiger partial charge >= 0.3 is 0 Å². The molecule has 2 aromatic carbocycles. The average Bonchev–Trinajstić information content (AvgIpc) is 3.27. The van der Waals surface area contributed by atoms with Gasteiger partial charge in [-0.25, -0.2) is 15.0 Å². The zero-order valence-corrected chi connectivity index (χ0v) is 18.7. The van der Waals surface area contributed by atoms with E-state index in [1.807, 2.05) is 60.2 Å². The van der Waals surface area contributed by atoms with Gasteiger partial charge in [0, 0.05) is 35.4 Å². The van der Waals surface area contributed by atoms with Crippen molar-refractivity contribution in [3.8, 4) is 11.6 Å². The molecule has 33 heavy (non-hydrogen) atoms. The first-order valence-electron chi connectivity index (χ1n) is 10.9. The Morgan fingerprint density at radius 1 is 1.00 bits per heavy atom. The summed E-state index contributed by atoms with van der Waals surface area (Å²) >= 11 is 0. The van der Waals surface area contributed by atoms with E-state index in [2.05, 4.69) is 32.5 Å². The van der Waals surface area contributed by atoms with E-state index in [9.17, 15) is 4.79 Å². The predicted molar refractivity (Wildman–Crippen MR) is 128 cm³/mol. The van der Waals surface area contributed by atoms with Gasteiger partial charge in [0.05, 0.1) is 6.61 Å². The van der Waals surface area contributed by atoms with Crippen LogP contribution < -0.4 is 15.4 Å². The van der Waals surface area contributed by atoms with Gasteiger partial charge in [0.1, 0.15) is 29.5 Å². The van der Waals surface area contributed by atoms with E-state index in [1.54, 1.807) is 18.3 Å². The normalized spacial score (nSPS) is 10.6. The highest BCUT2D eigenvalue weighted by Gasteiger charge is 2.08. The molecule has 8 heteroatoms. The summed E-state index contributed by atoms with van der Waals surface area (Å²) in [6, 6.07) is 16.4. The van der Waals surface area contributed by atoms with Crippen LogP contribution in [0.5, 0.6) is 5.75 Å². The van der Waals surface area contributed by atoms with Gasteiger partial charge in [-0.2, -0.15) is 0 Å². The van der Waals surface area contributed by atoms with Crippen LogP contribution in [0.3, 0.4) is 0 Å². The maximum Gasteiger partial charge on any atom is 0.255 e. The third-order valence-corrected chi connectivity index (χ3v) is 5.02. The van der Waals surface area contributed by atoms with Crippen molar-refractivity contribution in [2.75, 3.05) is 17.2 Å². The van der Waals surface area contributed by atoms with Crippen molar-refractivity contribution in [2.45, 2.75) is 26.7 Å². The Kier molecular flexibility index (Phi) is 6.94. The first kappa shape index (κ1) is 22.0. The van der Waals surface area contributed by atoms with Crippen molar-refractivity contribution >= 4 is 23.1 Å². The quantitative estimate of drug-likeness (QED) is 0.348. The standard InChI is InChI=1S/C25H26N6O2/c1-3-4-15-33-22-11-5-19(6-12-22)25(32)30-21-9-7-20(8-10-21)29-23-16-24(28-17-27-23)31-14-13-26-18(31)2/h5-14,16-17H,3-4,15H2,1-2H3,(H,30,32)(H,27,28,29). The minimum atomic E-state index is -0.174. The van der Waals surface area contributed by atoms with E-state index in [0.29, 0.717) is 23.7 Å². The molecule has 0 unspecified atom stereocenters. The lowest BCUT2D eigenvalue weighted by molar-refractivity contribution is 0.102. The number of carbonyl (C=O) groups is 1. The monoisotopic (exact) mass is 442 g/mol. The molecular formula is C25H26N6O2. The molecule has 4 aromatic rings. The van der Waals surface area contributed by atoms with Crippen LogP contribution in [-0.4, -0.2) is 32.0 Å². The van der Waals surface area contributed by atoms with Crippen LogP contribution in [0, 0.1) is 6.92 Å². The summed E-state index contributed by atoms with van der Waals surface area (Å²) in [7, 11) is 0.